The molecule has 4 rings (SSSR count). The summed E-state index contributed by atoms with van der Waals surface area (Å²) in [5.41, 5.74) is 1.77. The van der Waals surface area contributed by atoms with Gasteiger partial charge in [-0.2, -0.15) is 4.52 Å². The van der Waals surface area contributed by atoms with Crippen LogP contribution in [0.4, 0.5) is 0 Å². The fourth-order valence-electron chi connectivity index (χ4n) is 2.88. The van der Waals surface area contributed by atoms with Crippen molar-refractivity contribution >= 4 is 11.7 Å². The van der Waals surface area contributed by atoms with Gasteiger partial charge in [-0.15, -0.1) is 0 Å². The molecule has 0 bridgehead atoms. The van der Waals surface area contributed by atoms with E-state index >= 15 is 0 Å². The first-order chi connectivity index (χ1) is 11.7. The predicted octanol–water partition coefficient (Wildman–Crippen LogP) is 0.461. The first-order valence-corrected chi connectivity index (χ1v) is 7.63. The number of ether oxygens (including phenoxy) is 1. The average molecular weight is 325 g/mol. The maximum absolute atomic E-state index is 12.3. The molecule has 3 aromatic rings. The average Bonchev–Trinajstić information content (AvgIpc) is 3.09. The third kappa shape index (κ3) is 2.46. The second-order valence-electron chi connectivity index (χ2n) is 5.52. The molecular formula is C16H15N5O3. The lowest BCUT2D eigenvalue weighted by atomic mass is 9.97. The van der Waals surface area contributed by atoms with Crippen molar-refractivity contribution in [1.29, 1.82) is 0 Å². The highest BCUT2D eigenvalue weighted by Gasteiger charge is 2.22. The van der Waals surface area contributed by atoms with Gasteiger partial charge in [0.2, 0.25) is 0 Å². The van der Waals surface area contributed by atoms with Crippen molar-refractivity contribution in [3.8, 4) is 0 Å². The van der Waals surface area contributed by atoms with Crippen molar-refractivity contribution in [2.75, 3.05) is 13.2 Å². The fourth-order valence-corrected chi connectivity index (χ4v) is 2.88. The van der Waals surface area contributed by atoms with Crippen molar-refractivity contribution < 1.29 is 9.53 Å². The van der Waals surface area contributed by atoms with Gasteiger partial charge in [-0.05, 0) is 17.5 Å². The predicted molar refractivity (Wildman–Crippen MR) is 84.8 cm³/mol. The first-order valence-electron chi connectivity index (χ1n) is 7.63. The number of nitrogens with one attached hydrogen (secondary N) is 2. The number of carbonyl (C=O) groups excluding carboxylic acids is 1. The van der Waals surface area contributed by atoms with Crippen molar-refractivity contribution in [2.24, 2.45) is 0 Å². The quantitative estimate of drug-likeness (QED) is 0.728. The van der Waals surface area contributed by atoms with Crippen molar-refractivity contribution in [2.45, 2.75) is 12.5 Å². The summed E-state index contributed by atoms with van der Waals surface area (Å²) in [4.78, 5) is 32.4. The number of carbonyl (C=O) groups is 1. The summed E-state index contributed by atoms with van der Waals surface area (Å²) in [6, 6.07) is 8.00. The molecule has 8 heteroatoms. The van der Waals surface area contributed by atoms with Gasteiger partial charge in [0.1, 0.15) is 18.0 Å². The Bertz CT molecular complexity index is 962. The fraction of sp³-hybridized carbons (Fsp3) is 0.250. The van der Waals surface area contributed by atoms with Gasteiger partial charge in [0.05, 0.1) is 6.61 Å². The Kier molecular flexibility index (Phi) is 3.58. The van der Waals surface area contributed by atoms with E-state index in [1.807, 2.05) is 18.2 Å². The Morgan fingerprint density at radius 2 is 2.25 bits per heavy atom. The molecule has 0 saturated heterocycles. The summed E-state index contributed by atoms with van der Waals surface area (Å²) < 4.78 is 6.88. The van der Waals surface area contributed by atoms with Crippen LogP contribution in [-0.2, 0) is 11.2 Å². The highest BCUT2D eigenvalue weighted by atomic mass is 16.5. The Morgan fingerprint density at radius 3 is 3.17 bits per heavy atom. The van der Waals surface area contributed by atoms with Crippen LogP contribution >= 0.6 is 0 Å². The zero-order chi connectivity index (χ0) is 16.5. The third-order valence-electron chi connectivity index (χ3n) is 4.09. The van der Waals surface area contributed by atoms with Gasteiger partial charge in [-0.1, -0.05) is 24.3 Å². The lowest BCUT2D eigenvalue weighted by molar-refractivity contribution is 0.0411. The summed E-state index contributed by atoms with van der Waals surface area (Å²) in [5.74, 6) is -0.260. The Labute approximate surface area is 136 Å². The van der Waals surface area contributed by atoms with E-state index in [9.17, 15) is 9.59 Å². The van der Waals surface area contributed by atoms with Crippen molar-refractivity contribution in [1.82, 2.24) is 24.9 Å². The molecule has 1 aliphatic heterocycles. The smallest absolute Gasteiger partial charge is 0.286 e. The van der Waals surface area contributed by atoms with E-state index in [4.69, 9.17) is 4.74 Å². The van der Waals surface area contributed by atoms with Crippen LogP contribution in [0.15, 0.2) is 41.6 Å². The summed E-state index contributed by atoms with van der Waals surface area (Å²) in [7, 11) is 0. The largest absolute Gasteiger partial charge is 0.371 e. The SMILES string of the molecule is O=C(NC[C@@H]1OCCc2ccccc21)c1cnc2nc[nH]n2c1=O. The number of hydrogen-bond acceptors (Lipinski definition) is 5. The zero-order valence-corrected chi connectivity index (χ0v) is 12.7. The van der Waals surface area contributed by atoms with E-state index in [0.29, 0.717) is 13.2 Å². The van der Waals surface area contributed by atoms with Crippen LogP contribution in [0.25, 0.3) is 5.78 Å². The van der Waals surface area contributed by atoms with E-state index in [2.05, 4.69) is 26.4 Å². The van der Waals surface area contributed by atoms with Gasteiger partial charge in [0, 0.05) is 12.7 Å². The van der Waals surface area contributed by atoms with Crippen LogP contribution < -0.4 is 10.9 Å². The molecule has 0 saturated carbocycles. The van der Waals surface area contributed by atoms with Gasteiger partial charge >= 0.3 is 0 Å². The Morgan fingerprint density at radius 1 is 1.38 bits per heavy atom. The van der Waals surface area contributed by atoms with Gasteiger partial charge in [0.25, 0.3) is 17.2 Å². The highest BCUT2D eigenvalue weighted by molar-refractivity contribution is 5.93. The molecule has 1 atom stereocenters. The molecule has 2 aromatic heterocycles. The summed E-state index contributed by atoms with van der Waals surface area (Å²) in [6.45, 7) is 0.906. The minimum absolute atomic E-state index is 0.0409. The van der Waals surface area contributed by atoms with Gasteiger partial charge in [-0.25, -0.2) is 9.97 Å². The summed E-state index contributed by atoms with van der Waals surface area (Å²) in [6.07, 6.45) is 3.23. The topological polar surface area (TPSA) is 101 Å². The van der Waals surface area contributed by atoms with Crippen LogP contribution in [-0.4, -0.2) is 38.6 Å². The molecule has 0 aliphatic carbocycles. The molecule has 1 aromatic carbocycles. The minimum Gasteiger partial charge on any atom is -0.371 e. The molecular weight excluding hydrogens is 310 g/mol. The van der Waals surface area contributed by atoms with Crippen LogP contribution in [0.2, 0.25) is 0 Å². The number of nitrogens with zero attached hydrogens (tertiary/aromatic N) is 3. The second kappa shape index (κ2) is 5.89. The normalized spacial score (nSPS) is 16.8. The molecule has 0 fully saturated rings. The minimum atomic E-state index is -0.486. The third-order valence-corrected chi connectivity index (χ3v) is 4.09. The monoisotopic (exact) mass is 325 g/mol. The number of H-pyrrole nitrogens is 1. The Balaban J connectivity index is 1.53. The number of fused-ring (bicyclic) bond motifs is 2. The lowest BCUT2D eigenvalue weighted by Gasteiger charge is -2.26. The number of hydrogen-bond donors (Lipinski definition) is 2. The molecule has 8 nitrogen and oxygen atoms in total. The lowest BCUT2D eigenvalue weighted by Crippen LogP contribution is -2.35. The van der Waals surface area contributed by atoms with E-state index in [1.54, 1.807) is 0 Å². The van der Waals surface area contributed by atoms with Gasteiger partial charge < -0.3 is 10.1 Å². The zero-order valence-electron chi connectivity index (χ0n) is 12.7. The maximum atomic E-state index is 12.3. The molecule has 24 heavy (non-hydrogen) atoms. The van der Waals surface area contributed by atoms with Crippen molar-refractivity contribution in [3.05, 3.63) is 63.8 Å². The van der Waals surface area contributed by atoms with E-state index in [-0.39, 0.29) is 17.4 Å². The molecule has 0 radical (unpaired) electrons. The van der Waals surface area contributed by atoms with E-state index < -0.39 is 11.5 Å². The standard InChI is InChI=1S/C16H15N5O3/c22-14(12-7-18-16-19-9-20-21(16)15(12)23)17-8-13-11-4-2-1-3-10(11)5-6-24-13/h1-4,7,9,13H,5-6,8H2,(H,17,22)(H,18,19,20)/t13-/m0/s1. The molecule has 3 heterocycles. The highest BCUT2D eigenvalue weighted by Crippen LogP contribution is 2.26. The van der Waals surface area contributed by atoms with Crippen LogP contribution in [0, 0.1) is 0 Å². The second-order valence-corrected chi connectivity index (χ2v) is 5.52. The molecule has 2 N–H and O–H groups in total. The van der Waals surface area contributed by atoms with Gasteiger partial charge in [0.15, 0.2) is 0 Å². The van der Waals surface area contributed by atoms with E-state index in [0.717, 1.165) is 16.5 Å². The molecule has 0 spiro atoms. The number of aromatic nitrogens is 4. The van der Waals surface area contributed by atoms with Crippen LogP contribution in [0.3, 0.4) is 0 Å². The molecule has 0 unspecified atom stereocenters. The first kappa shape index (κ1) is 14.6. The number of aromatic amines is 1. The van der Waals surface area contributed by atoms with E-state index in [1.165, 1.54) is 18.1 Å². The number of amides is 1. The maximum Gasteiger partial charge on any atom is 0.286 e. The number of benzene rings is 1. The van der Waals surface area contributed by atoms with Crippen LogP contribution in [0.5, 0.6) is 0 Å². The summed E-state index contributed by atoms with van der Waals surface area (Å²) >= 11 is 0. The van der Waals surface area contributed by atoms with Gasteiger partial charge in [-0.3, -0.25) is 14.7 Å². The molecule has 1 aliphatic rings. The molecule has 1 amide bonds. The number of rotatable bonds is 3. The van der Waals surface area contributed by atoms with Crippen molar-refractivity contribution in [3.63, 3.8) is 0 Å². The van der Waals surface area contributed by atoms with Crippen LogP contribution in [0.1, 0.15) is 27.6 Å². The molecule has 122 valence electrons. The summed E-state index contributed by atoms with van der Waals surface area (Å²) in [5, 5.41) is 5.38. The Hall–Kier alpha value is -3.00.